The van der Waals surface area contributed by atoms with E-state index in [-0.39, 0.29) is 22.1 Å². The van der Waals surface area contributed by atoms with E-state index < -0.39 is 28.1 Å². The molecule has 4 rings (SSSR count). The molecule has 2 aromatic carbocycles. The van der Waals surface area contributed by atoms with Gasteiger partial charge in [-0.05, 0) is 43.2 Å². The first kappa shape index (κ1) is 22.2. The highest BCUT2D eigenvalue weighted by Gasteiger charge is 2.65. The number of alkyl halides is 3. The summed E-state index contributed by atoms with van der Waals surface area (Å²) in [6, 6.07) is 9.49. The maximum absolute atomic E-state index is 13.7. The first-order valence-electron chi connectivity index (χ1n) is 9.84. The van der Waals surface area contributed by atoms with Crippen molar-refractivity contribution in [2.24, 2.45) is 0 Å². The molecule has 1 fully saturated rings. The first-order valence-corrected chi connectivity index (χ1v) is 11.3. The van der Waals surface area contributed by atoms with Crippen molar-refractivity contribution in [1.82, 2.24) is 9.62 Å². The van der Waals surface area contributed by atoms with Crippen LogP contribution in [-0.2, 0) is 10.0 Å². The second-order valence-electron chi connectivity index (χ2n) is 7.34. The molecule has 8 nitrogen and oxygen atoms in total. The Morgan fingerprint density at radius 2 is 1.59 bits per heavy atom. The molecule has 0 radical (unpaired) electrons. The fourth-order valence-corrected chi connectivity index (χ4v) is 5.05. The zero-order valence-electron chi connectivity index (χ0n) is 16.7. The smallest absolute Gasteiger partial charge is 0.424 e. The molecule has 2 N–H and O–H groups in total. The Hall–Kier alpha value is -2.99. The van der Waals surface area contributed by atoms with Crippen molar-refractivity contribution in [2.75, 3.05) is 18.4 Å². The number of rotatable bonds is 4. The van der Waals surface area contributed by atoms with Gasteiger partial charge in [0.25, 0.3) is 0 Å². The second-order valence-corrected chi connectivity index (χ2v) is 9.27. The van der Waals surface area contributed by atoms with Gasteiger partial charge in [-0.15, -0.1) is 0 Å². The number of nitrogens with zero attached hydrogens (tertiary/aromatic N) is 1. The largest absolute Gasteiger partial charge is 0.492 e. The third kappa shape index (κ3) is 4.19. The summed E-state index contributed by atoms with van der Waals surface area (Å²) >= 11 is 0. The first-order chi connectivity index (χ1) is 15.1. The maximum atomic E-state index is 13.7. The van der Waals surface area contributed by atoms with Crippen molar-refractivity contribution in [3.63, 3.8) is 0 Å². The molecule has 12 heteroatoms. The molecule has 2 aliphatic rings. The van der Waals surface area contributed by atoms with Gasteiger partial charge in [0, 0.05) is 18.8 Å². The number of sulfonamides is 1. The van der Waals surface area contributed by atoms with Gasteiger partial charge in [-0.3, -0.25) is 5.32 Å². The zero-order chi connectivity index (χ0) is 23.0. The molecule has 2 heterocycles. The van der Waals surface area contributed by atoms with Gasteiger partial charge in [-0.1, -0.05) is 24.6 Å². The number of piperidine rings is 1. The van der Waals surface area contributed by atoms with E-state index in [2.05, 4.69) is 5.32 Å². The van der Waals surface area contributed by atoms with E-state index in [1.165, 1.54) is 52.8 Å². The van der Waals surface area contributed by atoms with E-state index >= 15 is 0 Å². The predicted molar refractivity (Wildman–Crippen MR) is 108 cm³/mol. The van der Waals surface area contributed by atoms with Crippen LogP contribution in [0.5, 0.6) is 11.5 Å². The number of anilines is 1. The summed E-state index contributed by atoms with van der Waals surface area (Å²) in [5.74, 6) is -3.78. The summed E-state index contributed by atoms with van der Waals surface area (Å²) in [6.45, 7) is 0.785. The van der Waals surface area contributed by atoms with Gasteiger partial charge < -0.3 is 14.8 Å². The molecule has 0 aliphatic carbocycles. The Bertz CT molecular complexity index is 1090. The Balaban J connectivity index is 1.51. The van der Waals surface area contributed by atoms with Crippen molar-refractivity contribution in [3.05, 3.63) is 48.5 Å². The van der Waals surface area contributed by atoms with E-state index in [0.29, 0.717) is 13.1 Å². The molecular formula is C20H20F3N3O5S. The van der Waals surface area contributed by atoms with Gasteiger partial charge in [0.15, 0.2) is 11.5 Å². The van der Waals surface area contributed by atoms with Crippen LogP contribution in [0.15, 0.2) is 53.4 Å². The molecule has 0 atom stereocenters. The van der Waals surface area contributed by atoms with E-state index in [1.807, 2.05) is 0 Å². The lowest BCUT2D eigenvalue weighted by Gasteiger charge is -2.29. The van der Waals surface area contributed by atoms with Crippen LogP contribution in [0.3, 0.4) is 0 Å². The lowest BCUT2D eigenvalue weighted by atomic mass is 10.2. The minimum atomic E-state index is -5.11. The Morgan fingerprint density at radius 3 is 2.19 bits per heavy atom. The maximum Gasteiger partial charge on any atom is 0.492 e. The number of halogens is 3. The van der Waals surface area contributed by atoms with Crippen LogP contribution in [0.1, 0.15) is 19.3 Å². The zero-order valence-corrected chi connectivity index (χ0v) is 17.5. The quantitative estimate of drug-likeness (QED) is 0.709. The number of hydrogen-bond acceptors (Lipinski definition) is 5. The number of benzene rings is 2. The standard InChI is InChI=1S/C20H20F3N3O5S/c21-19(22,23)20(30-16-9-2-3-10-17(16)31-20)25-18(27)24-14-7-6-8-15(13-14)32(28,29)26-11-4-1-5-12-26/h2-3,6-10,13H,1,4-5,11-12H2,(H2,24,25,27). The third-order valence-electron chi connectivity index (χ3n) is 5.05. The van der Waals surface area contributed by atoms with Gasteiger partial charge in [0.05, 0.1) is 4.90 Å². The van der Waals surface area contributed by atoms with Gasteiger partial charge in [-0.25, -0.2) is 13.2 Å². The van der Waals surface area contributed by atoms with Gasteiger partial charge in [0.1, 0.15) is 0 Å². The molecule has 32 heavy (non-hydrogen) atoms. The van der Waals surface area contributed by atoms with Crippen LogP contribution in [-0.4, -0.2) is 43.9 Å². The molecular weight excluding hydrogens is 451 g/mol. The predicted octanol–water partition coefficient (Wildman–Crippen LogP) is 3.67. The number of para-hydroxylation sites is 2. The molecule has 2 amide bonds. The fourth-order valence-electron chi connectivity index (χ4n) is 3.49. The molecule has 0 bridgehead atoms. The summed E-state index contributed by atoms with van der Waals surface area (Å²) in [5, 5.41) is 3.88. The lowest BCUT2D eigenvalue weighted by Crippen LogP contribution is -2.65. The van der Waals surface area contributed by atoms with E-state index in [4.69, 9.17) is 9.47 Å². The normalized spacial score (nSPS) is 18.2. The number of nitrogens with one attached hydrogen (secondary N) is 2. The number of hydrogen-bond donors (Lipinski definition) is 2. The molecule has 2 aliphatic heterocycles. The van der Waals surface area contributed by atoms with Crippen molar-refractivity contribution in [1.29, 1.82) is 0 Å². The van der Waals surface area contributed by atoms with Crippen LogP contribution >= 0.6 is 0 Å². The van der Waals surface area contributed by atoms with E-state index in [9.17, 15) is 26.4 Å². The average molecular weight is 471 g/mol. The monoisotopic (exact) mass is 471 g/mol. The van der Waals surface area contributed by atoms with Crippen molar-refractivity contribution in [2.45, 2.75) is 36.2 Å². The molecule has 0 aromatic heterocycles. The number of carbonyl (C=O) groups excluding carboxylic acids is 1. The van der Waals surface area contributed by atoms with Crippen molar-refractivity contribution in [3.8, 4) is 11.5 Å². The Labute approximate surface area is 182 Å². The van der Waals surface area contributed by atoms with Crippen LogP contribution in [0.4, 0.5) is 23.7 Å². The summed E-state index contributed by atoms with van der Waals surface area (Å²) < 4.78 is 78.0. The third-order valence-corrected chi connectivity index (χ3v) is 6.95. The van der Waals surface area contributed by atoms with Gasteiger partial charge in [-0.2, -0.15) is 17.5 Å². The average Bonchev–Trinajstić information content (AvgIpc) is 3.14. The summed E-state index contributed by atoms with van der Waals surface area (Å²) in [6.07, 6.45) is -2.66. The highest BCUT2D eigenvalue weighted by Crippen LogP contribution is 2.44. The van der Waals surface area contributed by atoms with Crippen LogP contribution in [0, 0.1) is 0 Å². The van der Waals surface area contributed by atoms with Crippen LogP contribution in [0.25, 0.3) is 0 Å². The van der Waals surface area contributed by atoms with Crippen molar-refractivity contribution < 1.29 is 35.9 Å². The summed E-state index contributed by atoms with van der Waals surface area (Å²) in [4.78, 5) is 12.3. The number of urea groups is 1. The highest BCUT2D eigenvalue weighted by atomic mass is 32.2. The van der Waals surface area contributed by atoms with Gasteiger partial charge >= 0.3 is 18.1 Å². The molecule has 172 valence electrons. The number of ether oxygens (including phenoxy) is 2. The molecule has 1 saturated heterocycles. The van der Waals surface area contributed by atoms with Gasteiger partial charge in [0.2, 0.25) is 10.0 Å². The second kappa shape index (κ2) is 8.17. The topological polar surface area (TPSA) is 97.0 Å². The fraction of sp³-hybridized carbons (Fsp3) is 0.350. The van der Waals surface area contributed by atoms with Crippen LogP contribution in [0.2, 0.25) is 0 Å². The highest BCUT2D eigenvalue weighted by molar-refractivity contribution is 7.89. The Kier molecular flexibility index (Phi) is 5.67. The lowest BCUT2D eigenvalue weighted by molar-refractivity contribution is -0.317. The van der Waals surface area contributed by atoms with E-state index in [0.717, 1.165) is 19.3 Å². The summed E-state index contributed by atoms with van der Waals surface area (Å²) in [7, 11) is -3.78. The number of fused-ring (bicyclic) bond motifs is 1. The molecule has 0 saturated carbocycles. The molecule has 2 aromatic rings. The number of carbonyl (C=O) groups is 1. The molecule has 0 unspecified atom stereocenters. The minimum Gasteiger partial charge on any atom is -0.424 e. The van der Waals surface area contributed by atoms with E-state index in [1.54, 1.807) is 5.32 Å². The van der Waals surface area contributed by atoms with Crippen molar-refractivity contribution >= 4 is 21.7 Å². The van der Waals surface area contributed by atoms with Crippen LogP contribution < -0.4 is 20.1 Å². The molecule has 0 spiro atoms. The SMILES string of the molecule is O=C(Nc1cccc(S(=O)(=O)N2CCCCC2)c1)NC1(C(F)(F)F)Oc2ccccc2O1. The minimum absolute atomic E-state index is 0.00609. The summed E-state index contributed by atoms with van der Waals surface area (Å²) in [5.41, 5.74) is -0.00609. The number of amides is 2. The Morgan fingerprint density at radius 1 is 0.969 bits per heavy atom.